The number of thioether (sulfide) groups is 1. The van der Waals surface area contributed by atoms with Crippen molar-refractivity contribution in [2.45, 2.75) is 19.3 Å². The van der Waals surface area contributed by atoms with Crippen molar-refractivity contribution in [1.82, 2.24) is 4.90 Å². The molecule has 6 heteroatoms. The summed E-state index contributed by atoms with van der Waals surface area (Å²) < 4.78 is 0. The summed E-state index contributed by atoms with van der Waals surface area (Å²) in [6.07, 6.45) is 2.63. The minimum atomic E-state index is 0. The first kappa shape index (κ1) is 13.6. The molecule has 0 aromatic rings. The van der Waals surface area contributed by atoms with Gasteiger partial charge in [-0.3, -0.25) is 10.2 Å². The van der Waals surface area contributed by atoms with Gasteiger partial charge in [0.1, 0.15) is 0 Å². The van der Waals surface area contributed by atoms with Gasteiger partial charge in [0.05, 0.1) is 0 Å². The van der Waals surface area contributed by atoms with Crippen LogP contribution < -0.4 is 5.73 Å². The largest absolute Gasteiger partial charge is 0.379 e. The van der Waals surface area contributed by atoms with Gasteiger partial charge in [-0.05, 0) is 12.8 Å². The van der Waals surface area contributed by atoms with E-state index in [1.165, 1.54) is 11.8 Å². The topological polar surface area (TPSA) is 70.2 Å². The van der Waals surface area contributed by atoms with Crippen molar-refractivity contribution in [1.29, 1.82) is 5.41 Å². The molecule has 4 nitrogen and oxygen atoms in total. The van der Waals surface area contributed by atoms with Crippen LogP contribution in [0, 0.1) is 5.41 Å². The predicted octanol–water partition coefficient (Wildman–Crippen LogP) is 1.05. The summed E-state index contributed by atoms with van der Waals surface area (Å²) >= 11 is 1.34. The highest BCUT2D eigenvalue weighted by Crippen LogP contribution is 2.10. The first-order valence-electron chi connectivity index (χ1n) is 4.45. The molecule has 1 saturated heterocycles. The van der Waals surface area contributed by atoms with Crippen LogP contribution in [0.2, 0.25) is 0 Å². The molecule has 0 aliphatic carbocycles. The van der Waals surface area contributed by atoms with Gasteiger partial charge in [-0.2, -0.15) is 0 Å². The van der Waals surface area contributed by atoms with Crippen LogP contribution in [0.4, 0.5) is 0 Å². The van der Waals surface area contributed by atoms with E-state index in [1.807, 2.05) is 4.90 Å². The van der Waals surface area contributed by atoms with E-state index in [2.05, 4.69) is 0 Å². The van der Waals surface area contributed by atoms with Crippen molar-refractivity contribution >= 4 is 35.2 Å². The number of likely N-dealkylation sites (tertiary alicyclic amines) is 1. The lowest BCUT2D eigenvalue weighted by atomic mass is 10.4. The lowest BCUT2D eigenvalue weighted by Gasteiger charge is -2.14. The second kappa shape index (κ2) is 6.95. The molecular formula is C8H16ClN3OS. The number of hydrogen-bond donors (Lipinski definition) is 2. The molecule has 0 aromatic heterocycles. The molecule has 1 aliphatic rings. The summed E-state index contributed by atoms with van der Waals surface area (Å²) in [6.45, 7) is 1.72. The van der Waals surface area contributed by atoms with E-state index in [0.717, 1.165) is 31.7 Å². The monoisotopic (exact) mass is 237 g/mol. The molecule has 3 N–H and O–H groups in total. The number of amides is 1. The second-order valence-electron chi connectivity index (χ2n) is 3.05. The van der Waals surface area contributed by atoms with Gasteiger partial charge < -0.3 is 10.6 Å². The first-order chi connectivity index (χ1) is 6.20. The average Bonchev–Trinajstić information content (AvgIpc) is 2.45. The number of carbonyl (C=O) groups is 1. The van der Waals surface area contributed by atoms with E-state index in [4.69, 9.17) is 11.1 Å². The summed E-state index contributed by atoms with van der Waals surface area (Å²) in [5.74, 6) is 1.10. The van der Waals surface area contributed by atoms with Crippen molar-refractivity contribution < 1.29 is 4.79 Å². The fourth-order valence-corrected chi connectivity index (χ4v) is 1.87. The SMILES string of the molecule is Cl.N=C(N)SCCCN1CCCC1=O. The molecule has 82 valence electrons. The zero-order valence-electron chi connectivity index (χ0n) is 7.99. The Bertz CT molecular complexity index is 213. The summed E-state index contributed by atoms with van der Waals surface area (Å²) in [5, 5.41) is 7.14. The minimum absolute atomic E-state index is 0. The lowest BCUT2D eigenvalue weighted by Crippen LogP contribution is -2.26. The average molecular weight is 238 g/mol. The molecule has 1 rings (SSSR count). The predicted molar refractivity (Wildman–Crippen MR) is 62.1 cm³/mol. The highest BCUT2D eigenvalue weighted by molar-refractivity contribution is 8.13. The number of nitrogens with two attached hydrogens (primary N) is 1. The van der Waals surface area contributed by atoms with E-state index >= 15 is 0 Å². The maximum atomic E-state index is 11.2. The maximum absolute atomic E-state index is 11.2. The summed E-state index contributed by atoms with van der Waals surface area (Å²) in [4.78, 5) is 13.0. The van der Waals surface area contributed by atoms with Crippen LogP contribution in [0.25, 0.3) is 0 Å². The van der Waals surface area contributed by atoms with Crippen molar-refractivity contribution in [3.8, 4) is 0 Å². The minimum Gasteiger partial charge on any atom is -0.379 e. The van der Waals surface area contributed by atoms with E-state index < -0.39 is 0 Å². The van der Waals surface area contributed by atoms with Gasteiger partial charge in [0.2, 0.25) is 5.91 Å². The molecule has 0 atom stereocenters. The molecule has 0 unspecified atom stereocenters. The van der Waals surface area contributed by atoms with Crippen LogP contribution in [-0.4, -0.2) is 34.8 Å². The van der Waals surface area contributed by atoms with Crippen molar-refractivity contribution in [3.05, 3.63) is 0 Å². The van der Waals surface area contributed by atoms with Crippen molar-refractivity contribution in [2.75, 3.05) is 18.8 Å². The van der Waals surface area contributed by atoms with Crippen LogP contribution in [0.3, 0.4) is 0 Å². The highest BCUT2D eigenvalue weighted by atomic mass is 35.5. The Morgan fingerprint density at radius 3 is 2.86 bits per heavy atom. The number of halogens is 1. The molecule has 1 fully saturated rings. The van der Waals surface area contributed by atoms with Gasteiger partial charge in [-0.1, -0.05) is 11.8 Å². The number of rotatable bonds is 4. The Balaban J connectivity index is 0.00000169. The van der Waals surface area contributed by atoms with Crippen molar-refractivity contribution in [3.63, 3.8) is 0 Å². The third-order valence-electron chi connectivity index (χ3n) is 2.00. The lowest BCUT2D eigenvalue weighted by molar-refractivity contribution is -0.127. The van der Waals surface area contributed by atoms with Gasteiger partial charge >= 0.3 is 0 Å². The third kappa shape index (κ3) is 4.72. The summed E-state index contributed by atoms with van der Waals surface area (Å²) in [7, 11) is 0. The Morgan fingerprint density at radius 1 is 1.64 bits per heavy atom. The standard InChI is InChI=1S/C8H15N3OS.ClH/c9-8(10)13-6-2-5-11-4-1-3-7(11)12;/h1-6H2,(H3,9,10);1H. The van der Waals surface area contributed by atoms with Gasteiger partial charge in [-0.15, -0.1) is 12.4 Å². The molecular weight excluding hydrogens is 222 g/mol. The number of hydrogen-bond acceptors (Lipinski definition) is 3. The number of nitrogens with one attached hydrogen (secondary N) is 1. The van der Waals surface area contributed by atoms with E-state index in [9.17, 15) is 4.79 Å². The fraction of sp³-hybridized carbons (Fsp3) is 0.750. The summed E-state index contributed by atoms with van der Waals surface area (Å²) in [6, 6.07) is 0. The van der Waals surface area contributed by atoms with Crippen LogP contribution in [-0.2, 0) is 4.79 Å². The Labute approximate surface area is 94.5 Å². The quantitative estimate of drug-likeness (QED) is 0.436. The van der Waals surface area contributed by atoms with Gasteiger partial charge in [0.25, 0.3) is 0 Å². The van der Waals surface area contributed by atoms with Gasteiger partial charge in [-0.25, -0.2) is 0 Å². The molecule has 1 amide bonds. The first-order valence-corrected chi connectivity index (χ1v) is 5.43. The molecule has 0 spiro atoms. The zero-order valence-corrected chi connectivity index (χ0v) is 9.62. The van der Waals surface area contributed by atoms with E-state index in [-0.39, 0.29) is 23.5 Å². The fourth-order valence-electron chi connectivity index (χ4n) is 1.38. The van der Waals surface area contributed by atoms with Gasteiger partial charge in [0, 0.05) is 25.3 Å². The molecule has 14 heavy (non-hydrogen) atoms. The third-order valence-corrected chi connectivity index (χ3v) is 2.81. The summed E-state index contributed by atoms with van der Waals surface area (Å²) in [5.41, 5.74) is 5.18. The van der Waals surface area contributed by atoms with Crippen molar-refractivity contribution in [2.24, 2.45) is 5.73 Å². The molecule has 0 bridgehead atoms. The van der Waals surface area contributed by atoms with E-state index in [1.54, 1.807) is 0 Å². The number of carbonyl (C=O) groups excluding carboxylic acids is 1. The van der Waals surface area contributed by atoms with Crippen LogP contribution in [0.1, 0.15) is 19.3 Å². The zero-order chi connectivity index (χ0) is 9.68. The number of amidine groups is 1. The Kier molecular flexibility index (Phi) is 6.74. The van der Waals surface area contributed by atoms with Crippen LogP contribution >= 0.6 is 24.2 Å². The highest BCUT2D eigenvalue weighted by Gasteiger charge is 2.18. The Morgan fingerprint density at radius 2 is 2.36 bits per heavy atom. The number of nitrogens with zero attached hydrogens (tertiary/aromatic N) is 1. The molecule has 1 heterocycles. The van der Waals surface area contributed by atoms with Crippen LogP contribution in [0.5, 0.6) is 0 Å². The van der Waals surface area contributed by atoms with Gasteiger partial charge in [0.15, 0.2) is 5.17 Å². The molecule has 0 saturated carbocycles. The molecule has 0 radical (unpaired) electrons. The Hall–Kier alpha value is -0.420. The molecule has 0 aromatic carbocycles. The maximum Gasteiger partial charge on any atom is 0.222 e. The van der Waals surface area contributed by atoms with Crippen LogP contribution in [0.15, 0.2) is 0 Å². The van der Waals surface area contributed by atoms with E-state index in [0.29, 0.717) is 6.42 Å². The second-order valence-corrected chi connectivity index (χ2v) is 4.19. The molecule has 1 aliphatic heterocycles. The normalized spacial score (nSPS) is 15.4. The smallest absolute Gasteiger partial charge is 0.222 e.